The molecule has 0 amide bonds. The largest absolute Gasteiger partial charge is 0.395 e. The molecule has 1 aromatic rings. The van der Waals surface area contributed by atoms with Gasteiger partial charge in [-0.3, -0.25) is 4.98 Å². The molecule has 13 heavy (non-hydrogen) atoms. The molecule has 0 saturated heterocycles. The van der Waals surface area contributed by atoms with E-state index in [9.17, 15) is 13.2 Å². The molecule has 0 bridgehead atoms. The van der Waals surface area contributed by atoms with Crippen molar-refractivity contribution in [2.75, 3.05) is 0 Å². The number of pyridine rings is 1. The highest BCUT2D eigenvalue weighted by atomic mass is 79.9. The minimum Gasteiger partial charge on any atom is -0.264 e. The number of hydrogen-bond acceptors (Lipinski definition) is 1. The van der Waals surface area contributed by atoms with Gasteiger partial charge in [-0.15, -0.1) is 0 Å². The zero-order valence-electron chi connectivity index (χ0n) is 6.77. The monoisotopic (exact) mass is 253 g/mol. The van der Waals surface area contributed by atoms with Crippen LogP contribution in [0.5, 0.6) is 0 Å². The average Bonchev–Trinajstić information content (AvgIpc) is 2.02. The van der Waals surface area contributed by atoms with Gasteiger partial charge in [-0.2, -0.15) is 13.2 Å². The number of nitrogens with zero attached hydrogens (tertiary/aromatic N) is 1. The lowest BCUT2D eigenvalue weighted by Gasteiger charge is -2.16. The molecule has 0 spiro atoms. The number of halogens is 4. The molecule has 0 fully saturated rings. The van der Waals surface area contributed by atoms with Crippen molar-refractivity contribution < 1.29 is 13.2 Å². The van der Waals surface area contributed by atoms with Crippen LogP contribution >= 0.6 is 15.9 Å². The summed E-state index contributed by atoms with van der Waals surface area (Å²) in [7, 11) is 0. The van der Waals surface area contributed by atoms with E-state index in [0.717, 1.165) is 6.92 Å². The summed E-state index contributed by atoms with van der Waals surface area (Å²) in [5.41, 5.74) is 0.211. The number of rotatable bonds is 1. The quantitative estimate of drug-likeness (QED) is 0.747. The molecule has 0 saturated carbocycles. The molecular weight excluding hydrogens is 247 g/mol. The molecule has 1 heterocycles. The van der Waals surface area contributed by atoms with Crippen LogP contribution in [0.15, 0.2) is 22.9 Å². The molecule has 1 nitrogen and oxygen atoms in total. The first-order chi connectivity index (χ1) is 5.93. The Morgan fingerprint density at radius 3 is 2.54 bits per heavy atom. The molecule has 1 rings (SSSR count). The minimum absolute atomic E-state index is 0.211. The van der Waals surface area contributed by atoms with Gasteiger partial charge >= 0.3 is 6.18 Å². The molecule has 5 heteroatoms. The Morgan fingerprint density at radius 2 is 2.08 bits per heavy atom. The Kier molecular flexibility index (Phi) is 2.95. The maximum Gasteiger partial charge on any atom is 0.395 e. The fraction of sp³-hybridized carbons (Fsp3) is 0.375. The van der Waals surface area contributed by atoms with E-state index in [4.69, 9.17) is 0 Å². The van der Waals surface area contributed by atoms with Gasteiger partial charge < -0.3 is 0 Å². The lowest BCUT2D eigenvalue weighted by atomic mass is 10.0. The summed E-state index contributed by atoms with van der Waals surface area (Å²) in [4.78, 5) is 3.70. The van der Waals surface area contributed by atoms with Crippen LogP contribution in [0.25, 0.3) is 0 Å². The Hall–Kier alpha value is -0.580. The van der Waals surface area contributed by atoms with Gasteiger partial charge in [-0.1, -0.05) is 0 Å². The van der Waals surface area contributed by atoms with Gasteiger partial charge in [0.1, 0.15) is 0 Å². The molecule has 72 valence electrons. The smallest absolute Gasteiger partial charge is 0.264 e. The van der Waals surface area contributed by atoms with Gasteiger partial charge in [0.25, 0.3) is 0 Å². The van der Waals surface area contributed by atoms with Gasteiger partial charge in [0.05, 0.1) is 5.92 Å². The highest BCUT2D eigenvalue weighted by Crippen LogP contribution is 2.36. The summed E-state index contributed by atoms with van der Waals surface area (Å²) in [6, 6.07) is 1.36. The van der Waals surface area contributed by atoms with E-state index in [1.54, 1.807) is 0 Å². The predicted molar refractivity (Wildman–Crippen MR) is 46.4 cm³/mol. The van der Waals surface area contributed by atoms with Crippen molar-refractivity contribution in [2.45, 2.75) is 19.0 Å². The van der Waals surface area contributed by atoms with Gasteiger partial charge in [-0.25, -0.2) is 0 Å². The zero-order valence-corrected chi connectivity index (χ0v) is 8.35. The van der Waals surface area contributed by atoms with Crippen LogP contribution in [-0.4, -0.2) is 11.2 Å². The van der Waals surface area contributed by atoms with Crippen LogP contribution in [0, 0.1) is 0 Å². The molecule has 1 unspecified atom stereocenters. The summed E-state index contributed by atoms with van der Waals surface area (Å²) < 4.78 is 37.2. The van der Waals surface area contributed by atoms with Gasteiger partial charge in [-0.05, 0) is 34.5 Å². The van der Waals surface area contributed by atoms with Crippen molar-refractivity contribution in [1.29, 1.82) is 0 Å². The summed E-state index contributed by atoms with van der Waals surface area (Å²) in [6.45, 7) is 1.13. The van der Waals surface area contributed by atoms with Crippen molar-refractivity contribution in [1.82, 2.24) is 4.98 Å². The molecule has 0 aliphatic heterocycles. The first kappa shape index (κ1) is 10.5. The molecule has 1 atom stereocenters. The van der Waals surface area contributed by atoms with Crippen molar-refractivity contribution in [2.24, 2.45) is 0 Å². The van der Waals surface area contributed by atoms with Gasteiger partial charge in [0, 0.05) is 16.9 Å². The molecular formula is C8H7BrF3N. The van der Waals surface area contributed by atoms with Crippen LogP contribution in [0.4, 0.5) is 13.2 Å². The molecule has 0 radical (unpaired) electrons. The van der Waals surface area contributed by atoms with Crippen molar-refractivity contribution >= 4 is 15.9 Å². The second-order valence-corrected chi connectivity index (χ2v) is 3.51. The van der Waals surface area contributed by atoms with Crippen molar-refractivity contribution in [3.63, 3.8) is 0 Å². The first-order valence-corrected chi connectivity index (χ1v) is 4.38. The van der Waals surface area contributed by atoms with E-state index in [1.165, 1.54) is 18.5 Å². The second-order valence-electron chi connectivity index (χ2n) is 2.66. The van der Waals surface area contributed by atoms with E-state index in [0.29, 0.717) is 4.47 Å². The summed E-state index contributed by atoms with van der Waals surface area (Å²) in [5.74, 6) is -1.47. The van der Waals surface area contributed by atoms with Crippen LogP contribution in [0.2, 0.25) is 0 Å². The molecule has 0 aliphatic carbocycles. The minimum atomic E-state index is -4.20. The third-order valence-electron chi connectivity index (χ3n) is 1.76. The van der Waals surface area contributed by atoms with Crippen LogP contribution in [0.1, 0.15) is 18.4 Å². The average molecular weight is 254 g/mol. The second kappa shape index (κ2) is 3.65. The first-order valence-electron chi connectivity index (χ1n) is 3.59. The molecule has 0 aliphatic rings. The van der Waals surface area contributed by atoms with Gasteiger partial charge in [0.15, 0.2) is 0 Å². The van der Waals surface area contributed by atoms with E-state index < -0.39 is 12.1 Å². The SMILES string of the molecule is CC(c1ccncc1Br)C(F)(F)F. The number of aromatic nitrogens is 1. The normalized spacial score (nSPS) is 14.2. The van der Waals surface area contributed by atoms with Crippen LogP contribution < -0.4 is 0 Å². The highest BCUT2D eigenvalue weighted by molar-refractivity contribution is 9.10. The van der Waals surface area contributed by atoms with E-state index in [1.807, 2.05) is 0 Å². The van der Waals surface area contributed by atoms with Crippen molar-refractivity contribution in [3.8, 4) is 0 Å². The highest BCUT2D eigenvalue weighted by Gasteiger charge is 2.37. The standard InChI is InChI=1S/C8H7BrF3N/c1-5(8(10,11)12)6-2-3-13-4-7(6)9/h2-5H,1H3. The molecule has 0 aromatic carbocycles. The Morgan fingerprint density at radius 1 is 1.46 bits per heavy atom. The lowest BCUT2D eigenvalue weighted by Crippen LogP contribution is -2.18. The third-order valence-corrected chi connectivity index (χ3v) is 2.42. The van der Waals surface area contributed by atoms with E-state index in [-0.39, 0.29) is 5.56 Å². The van der Waals surface area contributed by atoms with Gasteiger partial charge in [0.2, 0.25) is 0 Å². The fourth-order valence-corrected chi connectivity index (χ4v) is 1.51. The molecule has 1 aromatic heterocycles. The zero-order chi connectivity index (χ0) is 10.1. The summed E-state index contributed by atoms with van der Waals surface area (Å²) in [5, 5.41) is 0. The van der Waals surface area contributed by atoms with Crippen LogP contribution in [0.3, 0.4) is 0 Å². The summed E-state index contributed by atoms with van der Waals surface area (Å²) in [6.07, 6.45) is -1.50. The molecule has 0 N–H and O–H groups in total. The Labute approximate surface area is 82.1 Å². The maximum atomic E-state index is 12.3. The number of alkyl halides is 3. The Balaban J connectivity index is 3.02. The lowest BCUT2D eigenvalue weighted by molar-refractivity contribution is -0.146. The van der Waals surface area contributed by atoms with E-state index >= 15 is 0 Å². The summed E-state index contributed by atoms with van der Waals surface area (Å²) >= 11 is 3.03. The Bertz CT molecular complexity index is 298. The van der Waals surface area contributed by atoms with Crippen LogP contribution in [-0.2, 0) is 0 Å². The fourth-order valence-electron chi connectivity index (χ4n) is 0.913. The predicted octanol–water partition coefficient (Wildman–Crippen LogP) is 3.51. The number of hydrogen-bond donors (Lipinski definition) is 0. The third kappa shape index (κ3) is 2.43. The van der Waals surface area contributed by atoms with E-state index in [2.05, 4.69) is 20.9 Å². The maximum absolute atomic E-state index is 12.3. The topological polar surface area (TPSA) is 12.9 Å². The van der Waals surface area contributed by atoms with Crippen molar-refractivity contribution in [3.05, 3.63) is 28.5 Å².